The van der Waals surface area contributed by atoms with Gasteiger partial charge in [-0.25, -0.2) is 4.79 Å². The maximum absolute atomic E-state index is 12.7. The number of nitrogens with zero attached hydrogens (tertiary/aromatic N) is 1. The highest BCUT2D eigenvalue weighted by Crippen LogP contribution is 2.41. The summed E-state index contributed by atoms with van der Waals surface area (Å²) >= 11 is 1.47. The molecule has 2 rings (SSSR count). The van der Waals surface area contributed by atoms with E-state index in [2.05, 4.69) is 24.6 Å². The smallest absolute Gasteiger partial charge is 0.340 e. The number of rotatable bonds is 5. The zero-order chi connectivity index (χ0) is 19.2. The van der Waals surface area contributed by atoms with E-state index in [0.29, 0.717) is 5.75 Å². The Morgan fingerprint density at radius 2 is 1.84 bits per heavy atom. The molecule has 0 bridgehead atoms. The van der Waals surface area contributed by atoms with Crippen molar-refractivity contribution in [3.8, 4) is 0 Å². The zero-order valence-electron chi connectivity index (χ0n) is 16.0. The van der Waals surface area contributed by atoms with Crippen LogP contribution in [0, 0.1) is 0 Å². The van der Waals surface area contributed by atoms with Gasteiger partial charge in [0.15, 0.2) is 0 Å². The molecule has 142 valence electrons. The summed E-state index contributed by atoms with van der Waals surface area (Å²) in [6.45, 7) is 13.5. The number of esters is 1. The normalized spacial score (nSPS) is 29.6. The van der Waals surface area contributed by atoms with Gasteiger partial charge in [-0.15, -0.1) is 11.8 Å². The summed E-state index contributed by atoms with van der Waals surface area (Å²) in [5.74, 6) is -0.829. The fraction of sp³-hybridized carbons (Fsp3) is 0.800. The van der Waals surface area contributed by atoms with Gasteiger partial charge >= 0.3 is 11.9 Å². The first kappa shape index (κ1) is 20.5. The number of β-lactam (4-membered cyclic amide) rings is 1. The monoisotopic (exact) mass is 404 g/mol. The van der Waals surface area contributed by atoms with E-state index in [1.807, 2.05) is 19.6 Å². The molecule has 2 saturated heterocycles. The molecule has 2 unspecified atom stereocenters. The first-order chi connectivity index (χ1) is 11.2. The fourth-order valence-electron chi connectivity index (χ4n) is 2.89. The van der Waals surface area contributed by atoms with Crippen LogP contribution in [-0.4, -0.2) is 68.6 Å². The third kappa shape index (κ3) is 4.66. The van der Waals surface area contributed by atoms with Crippen LogP contribution < -0.4 is 4.98 Å². The molecule has 2 aliphatic rings. The lowest BCUT2D eigenvalue weighted by Gasteiger charge is -2.54. The molecule has 0 aromatic carbocycles. The van der Waals surface area contributed by atoms with Crippen molar-refractivity contribution in [2.24, 2.45) is 0 Å². The van der Waals surface area contributed by atoms with E-state index in [0.717, 1.165) is 0 Å². The number of carbonyl (C=O) groups excluding carboxylic acids is 3. The SMILES string of the molecule is CC(=O)OC1(C(=O)O[Si](C)(C)C)CS[C@@H]2C(N[Si](C)(C)C)C(=O)N2C1. The van der Waals surface area contributed by atoms with Crippen molar-refractivity contribution < 1.29 is 23.5 Å². The second kappa shape index (κ2) is 6.71. The predicted octanol–water partition coefficient (Wildman–Crippen LogP) is 1.37. The summed E-state index contributed by atoms with van der Waals surface area (Å²) in [6, 6.07) is -0.222. The Balaban J connectivity index is 2.17. The third-order valence-corrected chi connectivity index (χ3v) is 7.23. The van der Waals surface area contributed by atoms with Crippen LogP contribution in [0.15, 0.2) is 0 Å². The number of ether oxygens (including phenoxy) is 1. The summed E-state index contributed by atoms with van der Waals surface area (Å²) in [6.07, 6.45) is 0. The van der Waals surface area contributed by atoms with Crippen LogP contribution in [0.25, 0.3) is 0 Å². The molecule has 2 aliphatic heterocycles. The number of carbonyl (C=O) groups is 3. The highest BCUT2D eigenvalue weighted by molar-refractivity contribution is 8.00. The lowest BCUT2D eigenvalue weighted by atomic mass is 10.00. The molecule has 0 aromatic heterocycles. The second-order valence-corrected chi connectivity index (χ2v) is 19.0. The maximum atomic E-state index is 12.7. The topological polar surface area (TPSA) is 84.9 Å². The summed E-state index contributed by atoms with van der Waals surface area (Å²) in [5.41, 5.74) is -1.41. The fourth-order valence-corrected chi connectivity index (χ4v) is 6.41. The van der Waals surface area contributed by atoms with Crippen molar-refractivity contribution in [2.45, 2.75) is 63.2 Å². The van der Waals surface area contributed by atoms with Crippen LogP contribution in [0.5, 0.6) is 0 Å². The van der Waals surface area contributed by atoms with Gasteiger partial charge in [0.05, 0.1) is 6.54 Å². The van der Waals surface area contributed by atoms with Gasteiger partial charge in [-0.2, -0.15) is 0 Å². The van der Waals surface area contributed by atoms with Crippen molar-refractivity contribution in [1.82, 2.24) is 9.88 Å². The van der Waals surface area contributed by atoms with Crippen molar-refractivity contribution in [3.63, 3.8) is 0 Å². The van der Waals surface area contributed by atoms with Gasteiger partial charge in [0.25, 0.3) is 0 Å². The summed E-state index contributed by atoms with van der Waals surface area (Å²) in [5, 5.41) is -0.0254. The average Bonchev–Trinajstić information content (AvgIpc) is 2.41. The Bertz CT molecular complexity index is 589. The van der Waals surface area contributed by atoms with Gasteiger partial charge in [-0.3, -0.25) is 9.59 Å². The average molecular weight is 405 g/mol. The van der Waals surface area contributed by atoms with Crippen molar-refractivity contribution >= 4 is 46.2 Å². The van der Waals surface area contributed by atoms with E-state index < -0.39 is 34.1 Å². The molecule has 2 heterocycles. The van der Waals surface area contributed by atoms with Gasteiger partial charge in [-0.05, 0) is 19.6 Å². The van der Waals surface area contributed by atoms with E-state index >= 15 is 0 Å². The summed E-state index contributed by atoms with van der Waals surface area (Å²) in [4.78, 5) is 41.9. The number of thioether (sulfide) groups is 1. The van der Waals surface area contributed by atoms with Gasteiger partial charge in [-0.1, -0.05) is 19.6 Å². The second-order valence-electron chi connectivity index (χ2n) is 8.63. The molecular weight excluding hydrogens is 376 g/mol. The minimum absolute atomic E-state index is 0.0254. The lowest BCUT2D eigenvalue weighted by Crippen LogP contribution is -2.77. The molecule has 0 spiro atoms. The first-order valence-electron chi connectivity index (χ1n) is 8.37. The molecule has 0 radical (unpaired) electrons. The van der Waals surface area contributed by atoms with Crippen LogP contribution in [0.3, 0.4) is 0 Å². The molecule has 25 heavy (non-hydrogen) atoms. The lowest BCUT2D eigenvalue weighted by molar-refractivity contribution is -0.180. The Labute approximate surface area is 155 Å². The predicted molar refractivity (Wildman–Crippen MR) is 102 cm³/mol. The maximum Gasteiger partial charge on any atom is 0.340 e. The molecule has 7 nitrogen and oxygen atoms in total. The van der Waals surface area contributed by atoms with Gasteiger partial charge in [0, 0.05) is 12.7 Å². The van der Waals surface area contributed by atoms with E-state index in [-0.39, 0.29) is 23.9 Å². The number of hydrogen-bond donors (Lipinski definition) is 1. The van der Waals surface area contributed by atoms with Crippen molar-refractivity contribution in [3.05, 3.63) is 0 Å². The molecule has 0 aromatic rings. The number of amides is 1. The highest BCUT2D eigenvalue weighted by Gasteiger charge is 2.59. The Morgan fingerprint density at radius 3 is 2.32 bits per heavy atom. The van der Waals surface area contributed by atoms with E-state index in [4.69, 9.17) is 9.16 Å². The van der Waals surface area contributed by atoms with Crippen LogP contribution >= 0.6 is 11.8 Å². The van der Waals surface area contributed by atoms with Gasteiger partial charge in [0.1, 0.15) is 19.7 Å². The number of fused-ring (bicyclic) bond motifs is 1. The largest absolute Gasteiger partial charge is 0.517 e. The Hall–Kier alpha value is -0.846. The van der Waals surface area contributed by atoms with Gasteiger partial charge < -0.3 is 19.0 Å². The van der Waals surface area contributed by atoms with Crippen LogP contribution in [-0.2, 0) is 23.5 Å². The van der Waals surface area contributed by atoms with E-state index in [1.54, 1.807) is 4.90 Å². The molecule has 0 aliphatic carbocycles. The molecule has 2 fully saturated rings. The minimum Gasteiger partial charge on any atom is -0.517 e. The van der Waals surface area contributed by atoms with Crippen LogP contribution in [0.4, 0.5) is 0 Å². The number of hydrogen-bond acceptors (Lipinski definition) is 7. The zero-order valence-corrected chi connectivity index (χ0v) is 18.8. The minimum atomic E-state index is -2.15. The third-order valence-electron chi connectivity index (χ3n) is 3.75. The molecule has 0 saturated carbocycles. The van der Waals surface area contributed by atoms with Crippen molar-refractivity contribution in [1.29, 1.82) is 0 Å². The quantitative estimate of drug-likeness (QED) is 0.421. The van der Waals surface area contributed by atoms with Gasteiger partial charge in [0.2, 0.25) is 19.8 Å². The highest BCUT2D eigenvalue weighted by atomic mass is 32.2. The molecule has 1 N–H and O–H groups in total. The van der Waals surface area contributed by atoms with E-state index in [1.165, 1.54) is 18.7 Å². The van der Waals surface area contributed by atoms with E-state index in [9.17, 15) is 14.4 Å². The van der Waals surface area contributed by atoms with Crippen LogP contribution in [0.1, 0.15) is 6.92 Å². The molecule has 1 amide bonds. The Kier molecular flexibility index (Phi) is 5.49. The first-order valence-corrected chi connectivity index (χ1v) is 16.3. The molecule has 3 atom stereocenters. The van der Waals surface area contributed by atoms with Crippen LogP contribution in [0.2, 0.25) is 39.3 Å². The molecular formula is C15H28N2O5SSi2. The summed E-state index contributed by atoms with van der Waals surface area (Å²) in [7, 11) is -3.75. The number of nitrogens with one attached hydrogen (secondary N) is 1. The standard InChI is InChI=1S/C15H28N2O5SSi2/c1-10(18)21-15(14(20)22-25(5,6)7)8-17-12(19)11(13(17)23-9-15)16-24(2,3)4/h11,13,16H,8-9H2,1-7H3/t11?,13-,15?/m1/s1. The van der Waals surface area contributed by atoms with Crippen molar-refractivity contribution in [2.75, 3.05) is 12.3 Å². The Morgan fingerprint density at radius 1 is 1.24 bits per heavy atom. The summed E-state index contributed by atoms with van der Waals surface area (Å²) < 4.78 is 11.0. The molecule has 10 heteroatoms.